The maximum absolute atomic E-state index is 12.1. The average molecular weight is 324 g/mol. The van der Waals surface area contributed by atoms with Crippen molar-refractivity contribution in [1.82, 2.24) is 8.74 Å². The van der Waals surface area contributed by atoms with Crippen molar-refractivity contribution < 1.29 is 0 Å². The number of aromatic nitrogens is 2. The summed E-state index contributed by atoms with van der Waals surface area (Å²) in [6, 6.07) is 18.5. The van der Waals surface area contributed by atoms with Gasteiger partial charge in [0.2, 0.25) is 0 Å². The molecule has 0 saturated heterocycles. The summed E-state index contributed by atoms with van der Waals surface area (Å²) in [5.74, 6) is 0. The molecular weight excluding hydrogens is 312 g/mol. The summed E-state index contributed by atoms with van der Waals surface area (Å²) in [6.07, 6.45) is 2.98. The van der Waals surface area contributed by atoms with Crippen molar-refractivity contribution in [1.29, 1.82) is 0 Å². The van der Waals surface area contributed by atoms with Gasteiger partial charge in [0.1, 0.15) is 0 Å². The van der Waals surface area contributed by atoms with Crippen LogP contribution in [-0.2, 0) is 0 Å². The minimum absolute atomic E-state index is 0.493. The van der Waals surface area contributed by atoms with E-state index in [2.05, 4.69) is 10.2 Å². The smallest absolute Gasteiger partial charge is 0.253 e. The van der Waals surface area contributed by atoms with Crippen LogP contribution in [0.15, 0.2) is 80.5 Å². The van der Waals surface area contributed by atoms with Gasteiger partial charge in [-0.05, 0) is 11.1 Å². The Bertz CT molecular complexity index is 953. The fourth-order valence-electron chi connectivity index (χ4n) is 1.80. The van der Waals surface area contributed by atoms with Crippen LogP contribution in [0, 0.1) is 0 Å². The van der Waals surface area contributed by atoms with E-state index in [1.54, 1.807) is 0 Å². The van der Waals surface area contributed by atoms with Crippen LogP contribution >= 0.6 is 11.5 Å². The van der Waals surface area contributed by atoms with Crippen molar-refractivity contribution in [3.05, 3.63) is 91.9 Å². The Hall–Kier alpha value is -3.06. The number of benzene rings is 2. The first-order valence-electron chi connectivity index (χ1n) is 6.78. The highest BCUT2D eigenvalue weighted by atomic mass is 32.1. The fourth-order valence-corrected chi connectivity index (χ4v) is 2.40. The van der Waals surface area contributed by atoms with Gasteiger partial charge in [0.05, 0.1) is 12.4 Å². The van der Waals surface area contributed by atoms with E-state index < -0.39 is 10.6 Å². The average Bonchev–Trinajstić information content (AvgIpc) is 2.87. The third-order valence-corrected chi connectivity index (χ3v) is 3.67. The van der Waals surface area contributed by atoms with E-state index in [-0.39, 0.29) is 0 Å². The molecule has 0 amide bonds. The molecule has 0 radical (unpaired) electrons. The molecule has 1 aromatic heterocycles. The predicted octanol–water partition coefficient (Wildman–Crippen LogP) is 1.84. The summed E-state index contributed by atoms with van der Waals surface area (Å²) < 4.78 is 1.80. The van der Waals surface area contributed by atoms with Crippen LogP contribution in [0.5, 0.6) is 0 Å². The van der Waals surface area contributed by atoms with E-state index in [0.717, 1.165) is 19.9 Å². The summed E-state index contributed by atoms with van der Waals surface area (Å²) >= 11 is 0.695. The minimum atomic E-state index is -0.598. The molecule has 7 heteroatoms. The molecule has 3 aromatic rings. The summed E-state index contributed by atoms with van der Waals surface area (Å²) in [4.78, 5) is 23.5. The third-order valence-electron chi connectivity index (χ3n) is 2.92. The van der Waals surface area contributed by atoms with Crippen molar-refractivity contribution in [2.24, 2.45) is 10.2 Å². The normalized spacial score (nSPS) is 11.5. The lowest BCUT2D eigenvalue weighted by Crippen LogP contribution is -2.24. The van der Waals surface area contributed by atoms with Gasteiger partial charge in [-0.15, -0.1) is 8.74 Å². The molecule has 0 fully saturated rings. The second kappa shape index (κ2) is 6.80. The van der Waals surface area contributed by atoms with Crippen molar-refractivity contribution >= 4 is 24.0 Å². The molecule has 3 rings (SSSR count). The second-order valence-electron chi connectivity index (χ2n) is 4.54. The summed E-state index contributed by atoms with van der Waals surface area (Å²) in [5, 5.41) is 7.95. The highest BCUT2D eigenvalue weighted by Crippen LogP contribution is 1.96. The summed E-state index contributed by atoms with van der Waals surface area (Å²) in [5.41, 5.74) is 1.03. The molecule has 114 valence electrons. The van der Waals surface area contributed by atoms with Gasteiger partial charge in [0, 0.05) is 11.5 Å². The molecule has 0 saturated carbocycles. The molecule has 0 spiro atoms. The molecule has 0 bridgehead atoms. The van der Waals surface area contributed by atoms with Gasteiger partial charge < -0.3 is 0 Å². The van der Waals surface area contributed by atoms with Gasteiger partial charge in [-0.1, -0.05) is 60.7 Å². The molecule has 1 heterocycles. The maximum Gasteiger partial charge on any atom is 0.383 e. The second-order valence-corrected chi connectivity index (χ2v) is 5.41. The first-order chi connectivity index (χ1) is 11.2. The van der Waals surface area contributed by atoms with Gasteiger partial charge in [-0.3, -0.25) is 4.79 Å². The van der Waals surface area contributed by atoms with Gasteiger partial charge in [0.25, 0.3) is 0 Å². The van der Waals surface area contributed by atoms with E-state index in [0.29, 0.717) is 11.5 Å². The van der Waals surface area contributed by atoms with Crippen molar-refractivity contribution in [2.75, 3.05) is 0 Å². The molecule has 23 heavy (non-hydrogen) atoms. The van der Waals surface area contributed by atoms with Crippen molar-refractivity contribution in [3.8, 4) is 0 Å². The number of hydrogen-bond donors (Lipinski definition) is 0. The Morgan fingerprint density at radius 1 is 0.783 bits per heavy atom. The molecule has 2 aromatic carbocycles. The van der Waals surface area contributed by atoms with E-state index in [1.165, 1.54) is 12.4 Å². The van der Waals surface area contributed by atoms with Gasteiger partial charge in [0.15, 0.2) is 0 Å². The molecule has 0 aliphatic rings. The Labute approximate surface area is 135 Å². The molecule has 0 N–H and O–H groups in total. The van der Waals surface area contributed by atoms with Crippen LogP contribution in [0.25, 0.3) is 0 Å². The van der Waals surface area contributed by atoms with Crippen LogP contribution in [0.4, 0.5) is 0 Å². The lowest BCUT2D eigenvalue weighted by molar-refractivity contribution is 0.749. The minimum Gasteiger partial charge on any atom is -0.253 e. The molecule has 6 nitrogen and oxygen atoms in total. The zero-order valence-corrected chi connectivity index (χ0v) is 12.8. The van der Waals surface area contributed by atoms with Crippen LogP contribution in [0.1, 0.15) is 11.1 Å². The van der Waals surface area contributed by atoms with Crippen LogP contribution in [-0.4, -0.2) is 21.2 Å². The molecule has 0 atom stereocenters. The highest BCUT2D eigenvalue weighted by molar-refractivity contribution is 7.03. The van der Waals surface area contributed by atoms with E-state index in [9.17, 15) is 9.59 Å². The van der Waals surface area contributed by atoms with Gasteiger partial charge in [-0.2, -0.15) is 10.2 Å². The van der Waals surface area contributed by atoms with Crippen molar-refractivity contribution in [3.63, 3.8) is 0 Å². The van der Waals surface area contributed by atoms with E-state index >= 15 is 0 Å². The quantitative estimate of drug-likeness (QED) is 0.687. The molecule has 0 unspecified atom stereocenters. The fraction of sp³-hybridized carbons (Fsp3) is 0. The first kappa shape index (κ1) is 14.9. The maximum atomic E-state index is 12.1. The van der Waals surface area contributed by atoms with Gasteiger partial charge in [-0.25, -0.2) is 4.79 Å². The zero-order chi connectivity index (χ0) is 16.1. The van der Waals surface area contributed by atoms with Crippen LogP contribution < -0.4 is 10.6 Å². The molecule has 0 aliphatic carbocycles. The topological polar surface area (TPSA) is 68.7 Å². The van der Waals surface area contributed by atoms with Crippen molar-refractivity contribution in [2.45, 2.75) is 0 Å². The monoisotopic (exact) mass is 324 g/mol. The lowest BCUT2D eigenvalue weighted by Gasteiger charge is -1.91. The summed E-state index contributed by atoms with van der Waals surface area (Å²) in [6.45, 7) is 0. The predicted molar refractivity (Wildman–Crippen MR) is 91.7 cm³/mol. The first-order valence-corrected chi connectivity index (χ1v) is 7.55. The van der Waals surface area contributed by atoms with Crippen LogP contribution in [0.3, 0.4) is 0 Å². The Morgan fingerprint density at radius 2 is 1.30 bits per heavy atom. The SMILES string of the molecule is O=c1sn(/N=C/c2ccccc2)c(=O)n1/N=C/c1ccccc1. The van der Waals surface area contributed by atoms with E-state index in [1.807, 2.05) is 60.7 Å². The molecular formula is C16H12N4O2S. The standard InChI is InChI=1S/C16H12N4O2S/c21-15-19(17-11-13-7-3-1-4-8-13)16(22)23-20(15)18-12-14-9-5-2-6-10-14/h1-12H/b17-11+,18-12+. The zero-order valence-electron chi connectivity index (χ0n) is 11.9. The largest absolute Gasteiger partial charge is 0.383 e. The number of hydrogen-bond acceptors (Lipinski definition) is 5. The highest BCUT2D eigenvalue weighted by Gasteiger charge is 2.07. The van der Waals surface area contributed by atoms with Gasteiger partial charge >= 0.3 is 10.6 Å². The Morgan fingerprint density at radius 3 is 1.87 bits per heavy atom. The van der Waals surface area contributed by atoms with Crippen LogP contribution in [0.2, 0.25) is 0 Å². The Balaban J connectivity index is 1.88. The number of rotatable bonds is 4. The Kier molecular flexibility index (Phi) is 4.39. The molecule has 0 aliphatic heterocycles. The number of nitrogens with zero attached hydrogens (tertiary/aromatic N) is 4. The lowest BCUT2D eigenvalue weighted by atomic mass is 10.2. The third kappa shape index (κ3) is 3.58. The summed E-state index contributed by atoms with van der Waals surface area (Å²) in [7, 11) is 0. The van der Waals surface area contributed by atoms with E-state index in [4.69, 9.17) is 0 Å².